The maximum absolute atomic E-state index is 11.9. The molecule has 0 unspecified atom stereocenters. The quantitative estimate of drug-likeness (QED) is 0.763. The Morgan fingerprint density at radius 3 is 2.94 bits per heavy atom. The molecule has 0 bridgehead atoms. The second kappa shape index (κ2) is 3.60. The van der Waals surface area contributed by atoms with Gasteiger partial charge in [-0.1, -0.05) is 12.1 Å². The van der Waals surface area contributed by atoms with Gasteiger partial charge in [0.05, 0.1) is 18.1 Å². The van der Waals surface area contributed by atoms with Crippen molar-refractivity contribution in [2.45, 2.75) is 18.1 Å². The van der Waals surface area contributed by atoms with E-state index in [1.165, 1.54) is 5.56 Å². The lowest BCUT2D eigenvalue weighted by Gasteiger charge is -2.23. The molecule has 1 heterocycles. The number of sulfone groups is 1. The SMILES string of the molecule is COc1ccc2c(c1)CC[C@@H]1C2=CCS1(=O)=O. The average Bonchev–Trinajstić information content (AvgIpc) is 2.65. The van der Waals surface area contributed by atoms with Crippen molar-refractivity contribution in [3.05, 3.63) is 35.4 Å². The van der Waals surface area contributed by atoms with Crippen LogP contribution in [0.3, 0.4) is 0 Å². The predicted octanol–water partition coefficient (Wildman–Crippen LogP) is 1.82. The summed E-state index contributed by atoms with van der Waals surface area (Å²) >= 11 is 0. The molecule has 90 valence electrons. The summed E-state index contributed by atoms with van der Waals surface area (Å²) in [6.45, 7) is 0. The lowest BCUT2D eigenvalue weighted by Crippen LogP contribution is -2.23. The van der Waals surface area contributed by atoms with Gasteiger partial charge in [0.1, 0.15) is 5.75 Å². The van der Waals surface area contributed by atoms with Gasteiger partial charge in [0.25, 0.3) is 0 Å². The number of hydrogen-bond acceptors (Lipinski definition) is 3. The van der Waals surface area contributed by atoms with E-state index in [1.807, 2.05) is 24.3 Å². The number of aryl methyl sites for hydroxylation is 1. The van der Waals surface area contributed by atoms with Crippen molar-refractivity contribution in [2.75, 3.05) is 12.9 Å². The van der Waals surface area contributed by atoms with E-state index >= 15 is 0 Å². The van der Waals surface area contributed by atoms with Crippen LogP contribution in [0.5, 0.6) is 5.75 Å². The molecule has 4 heteroatoms. The van der Waals surface area contributed by atoms with Gasteiger partial charge in [-0.2, -0.15) is 0 Å². The van der Waals surface area contributed by atoms with E-state index in [2.05, 4.69) is 0 Å². The molecule has 3 rings (SSSR count). The summed E-state index contributed by atoms with van der Waals surface area (Å²) in [6, 6.07) is 5.89. The molecule has 0 N–H and O–H groups in total. The third kappa shape index (κ3) is 1.59. The first-order valence-electron chi connectivity index (χ1n) is 5.71. The number of hydrogen-bond donors (Lipinski definition) is 0. The molecule has 3 nitrogen and oxygen atoms in total. The fourth-order valence-electron chi connectivity index (χ4n) is 2.74. The number of fused-ring (bicyclic) bond motifs is 3. The molecule has 1 aliphatic carbocycles. The molecule has 2 aliphatic rings. The van der Waals surface area contributed by atoms with Gasteiger partial charge in [-0.05, 0) is 41.7 Å². The molecule has 0 saturated carbocycles. The van der Waals surface area contributed by atoms with Crippen LogP contribution in [0, 0.1) is 0 Å². The highest BCUT2D eigenvalue weighted by Crippen LogP contribution is 2.40. The average molecular weight is 250 g/mol. The first-order chi connectivity index (χ1) is 8.12. The van der Waals surface area contributed by atoms with Gasteiger partial charge in [-0.3, -0.25) is 0 Å². The molecule has 1 aromatic carbocycles. The Hall–Kier alpha value is -1.29. The first kappa shape index (κ1) is 10.8. The van der Waals surface area contributed by atoms with Crippen LogP contribution in [0.25, 0.3) is 5.57 Å². The molecule has 1 aromatic rings. The van der Waals surface area contributed by atoms with Crippen LogP contribution < -0.4 is 4.74 Å². The summed E-state index contributed by atoms with van der Waals surface area (Å²) in [5.41, 5.74) is 3.28. The Kier molecular flexibility index (Phi) is 2.30. The molecule has 0 radical (unpaired) electrons. The van der Waals surface area contributed by atoms with E-state index in [0.717, 1.165) is 23.3 Å². The zero-order valence-corrected chi connectivity index (χ0v) is 10.5. The first-order valence-corrected chi connectivity index (χ1v) is 7.42. The van der Waals surface area contributed by atoms with E-state index in [0.29, 0.717) is 6.42 Å². The standard InChI is InChI=1S/C13H14O3S/c1-16-10-3-4-11-9(8-10)2-5-13-12(11)6-7-17(13,14)15/h3-4,6,8,13H,2,5,7H2,1H3/t13-/m1/s1. The second-order valence-electron chi connectivity index (χ2n) is 4.54. The van der Waals surface area contributed by atoms with Crippen molar-refractivity contribution < 1.29 is 13.2 Å². The fraction of sp³-hybridized carbons (Fsp3) is 0.385. The van der Waals surface area contributed by atoms with Crippen LogP contribution in [-0.4, -0.2) is 26.5 Å². The van der Waals surface area contributed by atoms with Crippen LogP contribution in [0.15, 0.2) is 24.3 Å². The molecular weight excluding hydrogens is 236 g/mol. The van der Waals surface area contributed by atoms with Gasteiger partial charge in [0.15, 0.2) is 9.84 Å². The predicted molar refractivity (Wildman–Crippen MR) is 66.9 cm³/mol. The molecule has 0 fully saturated rings. The van der Waals surface area contributed by atoms with Gasteiger partial charge in [-0.15, -0.1) is 0 Å². The van der Waals surface area contributed by atoms with Crippen molar-refractivity contribution in [2.24, 2.45) is 0 Å². The zero-order chi connectivity index (χ0) is 12.0. The maximum atomic E-state index is 11.9. The summed E-state index contributed by atoms with van der Waals surface area (Å²) in [4.78, 5) is 0. The molecule has 0 saturated heterocycles. The van der Waals surface area contributed by atoms with Gasteiger partial charge >= 0.3 is 0 Å². The number of ether oxygens (including phenoxy) is 1. The van der Waals surface area contributed by atoms with E-state index in [-0.39, 0.29) is 11.0 Å². The normalized spacial score (nSPS) is 24.8. The van der Waals surface area contributed by atoms with Crippen LogP contribution in [0.1, 0.15) is 17.5 Å². The number of methoxy groups -OCH3 is 1. The third-order valence-corrected chi connectivity index (χ3v) is 5.60. The topological polar surface area (TPSA) is 43.4 Å². The van der Waals surface area contributed by atoms with Crippen molar-refractivity contribution in [1.29, 1.82) is 0 Å². The van der Waals surface area contributed by atoms with Crippen LogP contribution in [0.4, 0.5) is 0 Å². The van der Waals surface area contributed by atoms with Crippen molar-refractivity contribution in [1.82, 2.24) is 0 Å². The van der Waals surface area contributed by atoms with E-state index in [4.69, 9.17) is 4.74 Å². The van der Waals surface area contributed by atoms with Crippen molar-refractivity contribution >= 4 is 15.4 Å². The molecule has 17 heavy (non-hydrogen) atoms. The summed E-state index contributed by atoms with van der Waals surface area (Å²) in [5, 5.41) is -0.275. The van der Waals surface area contributed by atoms with E-state index < -0.39 is 9.84 Å². The van der Waals surface area contributed by atoms with Crippen LogP contribution in [-0.2, 0) is 16.3 Å². The minimum absolute atomic E-state index is 0.193. The number of benzene rings is 1. The molecule has 1 atom stereocenters. The van der Waals surface area contributed by atoms with Gasteiger partial charge < -0.3 is 4.74 Å². The molecular formula is C13H14O3S. The highest BCUT2D eigenvalue weighted by atomic mass is 32.2. The zero-order valence-electron chi connectivity index (χ0n) is 9.64. The Morgan fingerprint density at radius 2 is 2.18 bits per heavy atom. The van der Waals surface area contributed by atoms with Crippen molar-refractivity contribution in [3.63, 3.8) is 0 Å². The Labute approximate surface area is 101 Å². The second-order valence-corrected chi connectivity index (χ2v) is 6.77. The van der Waals surface area contributed by atoms with Crippen molar-refractivity contribution in [3.8, 4) is 5.75 Å². The lowest BCUT2D eigenvalue weighted by molar-refractivity contribution is 0.414. The lowest BCUT2D eigenvalue weighted by atomic mass is 9.87. The Bertz CT molecular complexity index is 599. The minimum atomic E-state index is -2.93. The molecule has 0 amide bonds. The van der Waals surface area contributed by atoms with Crippen LogP contribution >= 0.6 is 0 Å². The van der Waals surface area contributed by atoms with E-state index in [1.54, 1.807) is 7.11 Å². The van der Waals surface area contributed by atoms with Gasteiger partial charge in [0.2, 0.25) is 0 Å². The summed E-state index contributed by atoms with van der Waals surface area (Å²) < 4.78 is 28.9. The van der Waals surface area contributed by atoms with Gasteiger partial charge in [-0.25, -0.2) is 8.42 Å². The Balaban J connectivity index is 2.10. The fourth-order valence-corrected chi connectivity index (χ4v) is 4.47. The summed E-state index contributed by atoms with van der Waals surface area (Å²) in [7, 11) is -1.28. The Morgan fingerprint density at radius 1 is 1.35 bits per heavy atom. The monoisotopic (exact) mass is 250 g/mol. The smallest absolute Gasteiger partial charge is 0.160 e. The van der Waals surface area contributed by atoms with Gasteiger partial charge in [0, 0.05) is 0 Å². The molecule has 0 aromatic heterocycles. The molecule has 0 spiro atoms. The summed E-state index contributed by atoms with van der Waals surface area (Å²) in [5.74, 6) is 1.03. The maximum Gasteiger partial charge on any atom is 0.160 e. The highest BCUT2D eigenvalue weighted by molar-refractivity contribution is 7.93. The molecule has 1 aliphatic heterocycles. The van der Waals surface area contributed by atoms with E-state index in [9.17, 15) is 8.42 Å². The summed E-state index contributed by atoms with van der Waals surface area (Å²) in [6.07, 6.45) is 3.38. The minimum Gasteiger partial charge on any atom is -0.497 e. The number of rotatable bonds is 1. The van der Waals surface area contributed by atoms with Crippen LogP contribution in [0.2, 0.25) is 0 Å². The third-order valence-electron chi connectivity index (χ3n) is 3.62. The largest absolute Gasteiger partial charge is 0.497 e. The highest BCUT2D eigenvalue weighted by Gasteiger charge is 2.37.